The van der Waals surface area contributed by atoms with Crippen molar-refractivity contribution >= 4 is 16.7 Å². The molecule has 0 spiro atoms. The summed E-state index contributed by atoms with van der Waals surface area (Å²) in [6, 6.07) is 16.5. The van der Waals surface area contributed by atoms with Gasteiger partial charge in [0.15, 0.2) is 0 Å². The van der Waals surface area contributed by atoms with E-state index in [-0.39, 0.29) is 6.42 Å². The van der Waals surface area contributed by atoms with Crippen LogP contribution in [0, 0.1) is 5.41 Å². The van der Waals surface area contributed by atoms with Crippen LogP contribution in [-0.2, 0) is 17.8 Å². The van der Waals surface area contributed by atoms with Gasteiger partial charge in [-0.3, -0.25) is 9.69 Å². The molecule has 0 bridgehead atoms. The molecule has 1 aliphatic rings. The fourth-order valence-corrected chi connectivity index (χ4v) is 5.31. The van der Waals surface area contributed by atoms with Crippen LogP contribution in [-0.4, -0.2) is 43.3 Å². The summed E-state index contributed by atoms with van der Waals surface area (Å²) in [6.45, 7) is 7.74. The number of rotatable bonds is 8. The first-order valence-corrected chi connectivity index (χ1v) is 12.0. The summed E-state index contributed by atoms with van der Waals surface area (Å²) < 4.78 is 11.8. The van der Waals surface area contributed by atoms with Gasteiger partial charge >= 0.3 is 5.97 Å². The van der Waals surface area contributed by atoms with E-state index in [1.165, 1.54) is 18.4 Å². The summed E-state index contributed by atoms with van der Waals surface area (Å²) in [7, 11) is 3.41. The molecule has 3 aromatic rings. The van der Waals surface area contributed by atoms with Gasteiger partial charge in [-0.25, -0.2) is 0 Å². The highest BCUT2D eigenvalue weighted by Crippen LogP contribution is 2.43. The van der Waals surface area contributed by atoms with Crippen LogP contribution >= 0.6 is 0 Å². The Hall–Kier alpha value is -3.05. The Morgan fingerprint density at radius 3 is 2.35 bits per heavy atom. The molecule has 0 amide bonds. The minimum Gasteiger partial charge on any atom is -0.496 e. The van der Waals surface area contributed by atoms with Crippen LogP contribution in [0.25, 0.3) is 21.9 Å². The molecule has 3 aromatic carbocycles. The molecule has 0 saturated carbocycles. The zero-order valence-corrected chi connectivity index (χ0v) is 20.7. The number of nitrogens with zero attached hydrogens (tertiary/aromatic N) is 1. The van der Waals surface area contributed by atoms with Gasteiger partial charge in [0.1, 0.15) is 11.5 Å². The molecule has 0 atom stereocenters. The lowest BCUT2D eigenvalue weighted by molar-refractivity contribution is -0.136. The molecule has 0 unspecified atom stereocenters. The average Bonchev–Trinajstić information content (AvgIpc) is 2.81. The van der Waals surface area contributed by atoms with Gasteiger partial charge in [-0.15, -0.1) is 0 Å². The van der Waals surface area contributed by atoms with E-state index in [1.807, 2.05) is 18.2 Å². The second-order valence-electron chi connectivity index (χ2n) is 10.1. The summed E-state index contributed by atoms with van der Waals surface area (Å²) in [5.41, 5.74) is 4.50. The fraction of sp³-hybridized carbons (Fsp3) is 0.414. The van der Waals surface area contributed by atoms with Crippen molar-refractivity contribution in [3.8, 4) is 22.6 Å². The molecular formula is C29H35NO4. The number of benzene rings is 3. The normalized spacial score (nSPS) is 15.9. The Labute approximate surface area is 202 Å². The number of aliphatic carboxylic acids is 1. The molecular weight excluding hydrogens is 426 g/mol. The number of aryl methyl sites for hydroxylation is 1. The third kappa shape index (κ3) is 5.20. The maximum atomic E-state index is 11.1. The van der Waals surface area contributed by atoms with E-state index in [9.17, 15) is 4.79 Å². The van der Waals surface area contributed by atoms with Crippen molar-refractivity contribution in [3.05, 3.63) is 59.7 Å². The Balaban J connectivity index is 1.75. The van der Waals surface area contributed by atoms with Gasteiger partial charge in [-0.05, 0) is 70.8 Å². The maximum absolute atomic E-state index is 11.1. The first-order chi connectivity index (χ1) is 16.3. The summed E-state index contributed by atoms with van der Waals surface area (Å²) in [5.74, 6) is 0.785. The van der Waals surface area contributed by atoms with Crippen molar-refractivity contribution in [1.29, 1.82) is 0 Å². The van der Waals surface area contributed by atoms with Crippen molar-refractivity contribution in [1.82, 2.24) is 4.90 Å². The van der Waals surface area contributed by atoms with Gasteiger partial charge in [0.2, 0.25) is 0 Å². The fourth-order valence-electron chi connectivity index (χ4n) is 5.31. The van der Waals surface area contributed by atoms with Crippen LogP contribution in [0.3, 0.4) is 0 Å². The smallest absolute Gasteiger partial charge is 0.303 e. The topological polar surface area (TPSA) is 59.0 Å². The molecule has 0 radical (unpaired) electrons. The lowest BCUT2D eigenvalue weighted by atomic mass is 9.84. The minimum atomic E-state index is -0.788. The van der Waals surface area contributed by atoms with Crippen LogP contribution in [0.5, 0.6) is 11.5 Å². The number of carboxylic acids is 1. The second kappa shape index (κ2) is 10.1. The second-order valence-corrected chi connectivity index (χ2v) is 10.1. The lowest BCUT2D eigenvalue weighted by Gasteiger charge is -2.38. The van der Waals surface area contributed by atoms with E-state index in [0.29, 0.717) is 11.8 Å². The quantitative estimate of drug-likeness (QED) is 0.435. The number of fused-ring (bicyclic) bond motifs is 1. The van der Waals surface area contributed by atoms with Crippen molar-refractivity contribution in [2.24, 2.45) is 5.41 Å². The van der Waals surface area contributed by atoms with E-state index in [4.69, 9.17) is 14.6 Å². The molecule has 1 fully saturated rings. The first-order valence-electron chi connectivity index (χ1n) is 12.0. The van der Waals surface area contributed by atoms with Gasteiger partial charge in [0.05, 0.1) is 19.8 Å². The highest BCUT2D eigenvalue weighted by atomic mass is 16.5. The standard InChI is InChI=1S/C29H35NO4/c1-29(2)14-7-15-30(19-29)18-20-16-25(33-3)28(26(17-20)34-4)24-11-6-9-22-21(12-13-27(31)32)8-5-10-23(22)24/h5-6,8-11,16-17H,7,12-15,18-19H2,1-4H3,(H,31,32). The Morgan fingerprint density at radius 1 is 1.03 bits per heavy atom. The van der Waals surface area contributed by atoms with E-state index in [2.05, 4.69) is 49.1 Å². The summed E-state index contributed by atoms with van der Waals surface area (Å²) in [6.07, 6.45) is 3.09. The molecule has 4 rings (SSSR count). The molecule has 1 N–H and O–H groups in total. The molecule has 1 heterocycles. The molecule has 1 aliphatic heterocycles. The monoisotopic (exact) mass is 461 g/mol. The lowest BCUT2D eigenvalue weighted by Crippen LogP contribution is -2.39. The SMILES string of the molecule is COc1cc(CN2CCCC(C)(C)C2)cc(OC)c1-c1cccc2c(CCC(=O)O)cccc12. The van der Waals surface area contributed by atoms with E-state index < -0.39 is 5.97 Å². The van der Waals surface area contributed by atoms with Gasteiger partial charge in [0, 0.05) is 19.5 Å². The Morgan fingerprint density at radius 2 is 1.71 bits per heavy atom. The maximum Gasteiger partial charge on any atom is 0.303 e. The van der Waals surface area contributed by atoms with Crippen molar-refractivity contribution < 1.29 is 19.4 Å². The molecule has 1 saturated heterocycles. The van der Waals surface area contributed by atoms with Crippen LogP contribution < -0.4 is 9.47 Å². The molecule has 34 heavy (non-hydrogen) atoms. The van der Waals surface area contributed by atoms with Crippen molar-refractivity contribution in [2.75, 3.05) is 27.3 Å². The third-order valence-electron chi connectivity index (χ3n) is 6.84. The highest BCUT2D eigenvalue weighted by molar-refractivity contribution is 6.01. The first kappa shape index (κ1) is 24.1. The Kier molecular flexibility index (Phi) is 7.13. The van der Waals surface area contributed by atoms with E-state index >= 15 is 0 Å². The number of piperidine rings is 1. The number of ether oxygens (including phenoxy) is 2. The number of likely N-dealkylation sites (tertiary alicyclic amines) is 1. The third-order valence-corrected chi connectivity index (χ3v) is 6.84. The summed E-state index contributed by atoms with van der Waals surface area (Å²) in [5, 5.41) is 11.3. The number of methoxy groups -OCH3 is 2. The molecule has 5 nitrogen and oxygen atoms in total. The van der Waals surface area contributed by atoms with E-state index in [1.54, 1.807) is 14.2 Å². The largest absolute Gasteiger partial charge is 0.496 e. The molecule has 0 aromatic heterocycles. The molecule has 180 valence electrons. The van der Waals surface area contributed by atoms with E-state index in [0.717, 1.165) is 58.6 Å². The zero-order valence-electron chi connectivity index (χ0n) is 20.7. The van der Waals surface area contributed by atoms with Crippen molar-refractivity contribution in [2.45, 2.75) is 46.1 Å². The van der Waals surface area contributed by atoms with Crippen LogP contribution in [0.15, 0.2) is 48.5 Å². The highest BCUT2D eigenvalue weighted by Gasteiger charge is 2.27. The molecule has 5 heteroatoms. The summed E-state index contributed by atoms with van der Waals surface area (Å²) in [4.78, 5) is 13.7. The predicted octanol–water partition coefficient (Wildman–Crippen LogP) is 6.16. The number of hydrogen-bond donors (Lipinski definition) is 1. The number of carbonyl (C=O) groups is 1. The van der Waals surface area contributed by atoms with Crippen LogP contribution in [0.2, 0.25) is 0 Å². The number of carboxylic acid groups (broad SMARTS) is 1. The van der Waals surface area contributed by atoms with Gasteiger partial charge < -0.3 is 14.6 Å². The zero-order chi connectivity index (χ0) is 24.3. The van der Waals surface area contributed by atoms with Gasteiger partial charge in [0.25, 0.3) is 0 Å². The Bertz CT molecular complexity index is 1160. The van der Waals surface area contributed by atoms with Crippen LogP contribution in [0.4, 0.5) is 0 Å². The van der Waals surface area contributed by atoms with Gasteiger partial charge in [-0.2, -0.15) is 0 Å². The summed E-state index contributed by atoms with van der Waals surface area (Å²) >= 11 is 0. The average molecular weight is 462 g/mol. The van der Waals surface area contributed by atoms with Crippen molar-refractivity contribution in [3.63, 3.8) is 0 Å². The predicted molar refractivity (Wildman–Crippen MR) is 137 cm³/mol. The minimum absolute atomic E-state index is 0.109. The number of hydrogen-bond acceptors (Lipinski definition) is 4. The van der Waals surface area contributed by atoms with Crippen LogP contribution in [0.1, 0.15) is 44.2 Å². The van der Waals surface area contributed by atoms with Gasteiger partial charge in [-0.1, -0.05) is 50.2 Å². The molecule has 0 aliphatic carbocycles.